The molecule has 0 bridgehead atoms. The van der Waals surface area contributed by atoms with Gasteiger partial charge in [-0.2, -0.15) is 0 Å². The first-order chi connectivity index (χ1) is 8.25. The van der Waals surface area contributed by atoms with Gasteiger partial charge in [0.2, 0.25) is 0 Å². The number of epoxide rings is 1. The number of carbonyl (C=O) groups is 1. The van der Waals surface area contributed by atoms with Crippen LogP contribution in [0.2, 0.25) is 0 Å². The molecule has 1 N–H and O–H groups in total. The second kappa shape index (κ2) is 5.64. The molecule has 1 saturated heterocycles. The number of carboxylic acid groups (broad SMARTS) is 1. The average molecular weight is 232 g/mol. The molecule has 2 unspecified atom stereocenters. The lowest BCUT2D eigenvalue weighted by Crippen LogP contribution is -2.11. The van der Waals surface area contributed by atoms with E-state index in [2.05, 4.69) is 0 Å². The van der Waals surface area contributed by atoms with E-state index >= 15 is 0 Å². The van der Waals surface area contributed by atoms with Gasteiger partial charge in [-0.05, 0) is 18.4 Å². The van der Waals surface area contributed by atoms with E-state index < -0.39 is 11.9 Å². The van der Waals surface area contributed by atoms with E-state index in [1.165, 1.54) is 0 Å². The monoisotopic (exact) mass is 232 g/mol. The summed E-state index contributed by atoms with van der Waals surface area (Å²) in [5.41, 5.74) is 1.03. The summed E-state index contributed by atoms with van der Waals surface area (Å²) in [5.74, 6) is -1.18. The van der Waals surface area contributed by atoms with Crippen LogP contribution >= 0.6 is 0 Å². The van der Waals surface area contributed by atoms with Crippen LogP contribution in [-0.4, -0.2) is 23.8 Å². The van der Waals surface area contributed by atoms with Crippen molar-refractivity contribution in [3.8, 4) is 0 Å². The third-order valence-corrected chi connectivity index (χ3v) is 2.84. The number of rotatable bonds is 6. The van der Waals surface area contributed by atoms with E-state index in [0.29, 0.717) is 12.5 Å². The lowest BCUT2D eigenvalue weighted by molar-refractivity contribution is -0.140. The molecule has 17 heavy (non-hydrogen) atoms. The van der Waals surface area contributed by atoms with Gasteiger partial charge in [-0.3, -0.25) is 4.79 Å². The van der Waals surface area contributed by atoms with Crippen LogP contribution in [-0.2, 0) is 9.53 Å². The first-order valence-corrected chi connectivity index (χ1v) is 5.83. The highest BCUT2D eigenvalue weighted by Crippen LogP contribution is 2.20. The Bertz CT molecular complexity index is 393. The molecule has 2 rings (SSSR count). The normalized spacial score (nSPS) is 20.4. The number of hydrogen-bond acceptors (Lipinski definition) is 2. The molecular weight excluding hydrogens is 216 g/mol. The van der Waals surface area contributed by atoms with Gasteiger partial charge in [0.05, 0.1) is 18.6 Å². The Morgan fingerprint density at radius 3 is 2.76 bits per heavy atom. The average Bonchev–Trinajstić information content (AvgIpc) is 3.14. The zero-order valence-corrected chi connectivity index (χ0v) is 9.58. The van der Waals surface area contributed by atoms with Crippen molar-refractivity contribution in [3.05, 3.63) is 42.0 Å². The molecule has 1 fully saturated rings. The highest BCUT2D eigenvalue weighted by molar-refractivity contribution is 5.73. The number of carboxylic acids is 1. The Hall–Kier alpha value is -1.61. The maximum atomic E-state index is 11.1. The van der Waals surface area contributed by atoms with Crippen LogP contribution in [0.1, 0.15) is 18.4 Å². The van der Waals surface area contributed by atoms with Crippen molar-refractivity contribution in [2.45, 2.75) is 18.9 Å². The van der Waals surface area contributed by atoms with Crippen LogP contribution in [0.3, 0.4) is 0 Å². The third-order valence-electron chi connectivity index (χ3n) is 2.84. The van der Waals surface area contributed by atoms with Crippen molar-refractivity contribution >= 4 is 12.0 Å². The van der Waals surface area contributed by atoms with E-state index in [-0.39, 0.29) is 0 Å². The number of ether oxygens (including phenoxy) is 1. The van der Waals surface area contributed by atoms with Gasteiger partial charge in [0.25, 0.3) is 0 Å². The van der Waals surface area contributed by atoms with Gasteiger partial charge in [-0.1, -0.05) is 42.5 Å². The standard InChI is InChI=1S/C14H16O3/c15-14(16)12(8-9-13-10-17-13)7-6-11-4-2-1-3-5-11/h1-7,12-13H,8-10H2,(H,15,16)/b7-6+. The summed E-state index contributed by atoms with van der Waals surface area (Å²) >= 11 is 0. The number of hydrogen-bond donors (Lipinski definition) is 1. The Morgan fingerprint density at radius 2 is 2.18 bits per heavy atom. The van der Waals surface area contributed by atoms with Crippen LogP contribution in [0, 0.1) is 5.92 Å². The maximum absolute atomic E-state index is 11.1. The summed E-state index contributed by atoms with van der Waals surface area (Å²) < 4.78 is 5.08. The zero-order chi connectivity index (χ0) is 12.1. The van der Waals surface area contributed by atoms with E-state index in [4.69, 9.17) is 9.84 Å². The minimum Gasteiger partial charge on any atom is -0.481 e. The molecule has 0 amide bonds. The molecule has 0 spiro atoms. The number of benzene rings is 1. The van der Waals surface area contributed by atoms with Gasteiger partial charge in [0.1, 0.15) is 0 Å². The summed E-state index contributed by atoms with van der Waals surface area (Å²) in [6, 6.07) is 9.73. The second-order valence-electron chi connectivity index (χ2n) is 4.25. The molecule has 0 aromatic heterocycles. The fourth-order valence-electron chi connectivity index (χ4n) is 1.69. The summed E-state index contributed by atoms with van der Waals surface area (Å²) in [4.78, 5) is 11.1. The minimum absolute atomic E-state index is 0.293. The third kappa shape index (κ3) is 4.04. The van der Waals surface area contributed by atoms with Gasteiger partial charge in [-0.25, -0.2) is 0 Å². The molecule has 0 saturated carbocycles. The van der Waals surface area contributed by atoms with E-state index in [0.717, 1.165) is 18.6 Å². The van der Waals surface area contributed by atoms with Crippen molar-refractivity contribution in [2.24, 2.45) is 5.92 Å². The molecule has 1 heterocycles. The Labute approximate surface area is 101 Å². The molecule has 3 nitrogen and oxygen atoms in total. The maximum Gasteiger partial charge on any atom is 0.310 e. The SMILES string of the molecule is O=C(O)C(/C=C/c1ccccc1)CCC1CO1. The first kappa shape index (κ1) is 11.9. The van der Waals surface area contributed by atoms with Crippen LogP contribution in [0.15, 0.2) is 36.4 Å². The highest BCUT2D eigenvalue weighted by Gasteiger charge is 2.24. The molecule has 3 heteroatoms. The van der Waals surface area contributed by atoms with Crippen molar-refractivity contribution in [2.75, 3.05) is 6.61 Å². The van der Waals surface area contributed by atoms with E-state index in [9.17, 15) is 4.79 Å². The van der Waals surface area contributed by atoms with Gasteiger partial charge >= 0.3 is 5.97 Å². The number of aliphatic carboxylic acids is 1. The van der Waals surface area contributed by atoms with Gasteiger partial charge in [0, 0.05) is 0 Å². The smallest absolute Gasteiger partial charge is 0.310 e. The zero-order valence-electron chi connectivity index (χ0n) is 9.58. The predicted octanol–water partition coefficient (Wildman–Crippen LogP) is 2.58. The molecule has 0 radical (unpaired) electrons. The molecule has 2 atom stereocenters. The lowest BCUT2D eigenvalue weighted by atomic mass is 10.0. The van der Waals surface area contributed by atoms with Crippen molar-refractivity contribution < 1.29 is 14.6 Å². The van der Waals surface area contributed by atoms with Crippen LogP contribution in [0.25, 0.3) is 6.08 Å². The quantitative estimate of drug-likeness (QED) is 0.767. The van der Waals surface area contributed by atoms with Gasteiger partial charge in [0.15, 0.2) is 0 Å². The van der Waals surface area contributed by atoms with Gasteiger partial charge < -0.3 is 9.84 Å². The first-order valence-electron chi connectivity index (χ1n) is 5.83. The molecule has 1 aliphatic heterocycles. The second-order valence-corrected chi connectivity index (χ2v) is 4.25. The fourth-order valence-corrected chi connectivity index (χ4v) is 1.69. The van der Waals surface area contributed by atoms with Crippen LogP contribution in [0.5, 0.6) is 0 Å². The molecule has 0 aliphatic carbocycles. The van der Waals surface area contributed by atoms with Crippen LogP contribution < -0.4 is 0 Å². The van der Waals surface area contributed by atoms with Crippen molar-refractivity contribution in [3.63, 3.8) is 0 Å². The molecule has 1 aromatic carbocycles. The Balaban J connectivity index is 1.91. The Kier molecular flexibility index (Phi) is 3.94. The highest BCUT2D eigenvalue weighted by atomic mass is 16.6. The fraction of sp³-hybridized carbons (Fsp3) is 0.357. The Morgan fingerprint density at radius 1 is 1.47 bits per heavy atom. The minimum atomic E-state index is -0.766. The van der Waals surface area contributed by atoms with Gasteiger partial charge in [-0.15, -0.1) is 0 Å². The largest absolute Gasteiger partial charge is 0.481 e. The molecule has 1 aromatic rings. The molecular formula is C14H16O3. The predicted molar refractivity (Wildman–Crippen MR) is 65.6 cm³/mol. The van der Waals surface area contributed by atoms with Crippen molar-refractivity contribution in [1.29, 1.82) is 0 Å². The van der Waals surface area contributed by atoms with Crippen molar-refractivity contribution in [1.82, 2.24) is 0 Å². The van der Waals surface area contributed by atoms with E-state index in [1.54, 1.807) is 6.08 Å². The lowest BCUT2D eigenvalue weighted by Gasteiger charge is -2.05. The van der Waals surface area contributed by atoms with E-state index in [1.807, 2.05) is 36.4 Å². The molecule has 1 aliphatic rings. The summed E-state index contributed by atoms with van der Waals surface area (Å²) in [6.07, 6.45) is 5.40. The van der Waals surface area contributed by atoms with Crippen LogP contribution in [0.4, 0.5) is 0 Å². The summed E-state index contributed by atoms with van der Waals surface area (Å²) in [6.45, 7) is 0.786. The summed E-state index contributed by atoms with van der Waals surface area (Å²) in [5, 5.41) is 9.09. The molecule has 90 valence electrons. The topological polar surface area (TPSA) is 49.8 Å². The summed E-state index contributed by atoms with van der Waals surface area (Å²) in [7, 11) is 0.